The molecule has 100 valence electrons. The molecule has 0 radical (unpaired) electrons. The van der Waals surface area contributed by atoms with Crippen molar-refractivity contribution in [1.29, 1.82) is 0 Å². The van der Waals surface area contributed by atoms with E-state index in [0.29, 0.717) is 18.8 Å². The maximum atomic E-state index is 5.93. The fraction of sp³-hybridized carbons (Fsp3) is 0.500. The minimum Gasteiger partial charge on any atom is -0.371 e. The summed E-state index contributed by atoms with van der Waals surface area (Å²) in [6, 6.07) is 6.05. The fourth-order valence-electron chi connectivity index (χ4n) is 3.26. The molecule has 2 aliphatic heterocycles. The van der Waals surface area contributed by atoms with E-state index in [9.17, 15) is 0 Å². The molecule has 5 nitrogen and oxygen atoms in total. The topological polar surface area (TPSA) is 55.8 Å². The van der Waals surface area contributed by atoms with Crippen LogP contribution in [0.5, 0.6) is 0 Å². The van der Waals surface area contributed by atoms with Gasteiger partial charge in [-0.3, -0.25) is 0 Å². The molecular formula is C14H18N4O. The van der Waals surface area contributed by atoms with Crippen LogP contribution in [0.25, 0.3) is 5.65 Å². The zero-order valence-electron chi connectivity index (χ0n) is 10.8. The Morgan fingerprint density at radius 1 is 1.26 bits per heavy atom. The van der Waals surface area contributed by atoms with E-state index in [2.05, 4.69) is 9.30 Å². The third-order valence-corrected chi connectivity index (χ3v) is 4.14. The molecule has 2 aromatic heterocycles. The summed E-state index contributed by atoms with van der Waals surface area (Å²) >= 11 is 0. The smallest absolute Gasteiger partial charge is 0.152 e. The Kier molecular flexibility index (Phi) is 2.50. The lowest BCUT2D eigenvalue weighted by Crippen LogP contribution is -2.43. The van der Waals surface area contributed by atoms with Gasteiger partial charge in [0.15, 0.2) is 5.82 Å². The first kappa shape index (κ1) is 11.3. The monoisotopic (exact) mass is 258 g/mol. The normalized spacial score (nSPS) is 26.3. The number of hydrogen-bond donors (Lipinski definition) is 1. The lowest BCUT2D eigenvalue weighted by molar-refractivity contribution is 0.0302. The molecule has 0 saturated carbocycles. The van der Waals surface area contributed by atoms with Crippen LogP contribution >= 0.6 is 0 Å². The van der Waals surface area contributed by atoms with E-state index in [1.54, 1.807) is 0 Å². The fourth-order valence-corrected chi connectivity index (χ4v) is 3.26. The molecule has 5 heteroatoms. The van der Waals surface area contributed by atoms with Crippen LogP contribution in [0, 0.1) is 0 Å². The second-order valence-electron chi connectivity index (χ2n) is 5.38. The highest BCUT2D eigenvalue weighted by Crippen LogP contribution is 2.31. The van der Waals surface area contributed by atoms with Crippen LogP contribution < -0.4 is 10.6 Å². The van der Waals surface area contributed by atoms with Gasteiger partial charge in [-0.15, -0.1) is 0 Å². The first-order valence-corrected chi connectivity index (χ1v) is 6.91. The third kappa shape index (κ3) is 1.73. The molecule has 0 aliphatic carbocycles. The van der Waals surface area contributed by atoms with Gasteiger partial charge >= 0.3 is 0 Å². The number of nitrogens with zero attached hydrogens (tertiary/aromatic N) is 3. The van der Waals surface area contributed by atoms with E-state index >= 15 is 0 Å². The first-order valence-electron chi connectivity index (χ1n) is 6.91. The number of imidazole rings is 1. The van der Waals surface area contributed by atoms with Gasteiger partial charge in [0.25, 0.3) is 0 Å². The Bertz CT molecular complexity index is 597. The van der Waals surface area contributed by atoms with Gasteiger partial charge in [-0.1, -0.05) is 6.07 Å². The van der Waals surface area contributed by atoms with Crippen LogP contribution in [-0.4, -0.2) is 34.7 Å². The highest BCUT2D eigenvalue weighted by Gasteiger charge is 2.35. The Hall–Kier alpha value is -1.59. The SMILES string of the molecule is NCc1c(N2CC3CCC(C2)O3)nc2ccccn12. The van der Waals surface area contributed by atoms with E-state index in [0.717, 1.165) is 30.2 Å². The van der Waals surface area contributed by atoms with Crippen molar-refractivity contribution in [2.45, 2.75) is 31.6 Å². The Labute approximate surface area is 112 Å². The maximum absolute atomic E-state index is 5.93. The second kappa shape index (κ2) is 4.21. The molecule has 2 aliphatic rings. The Balaban J connectivity index is 1.78. The number of hydrogen-bond acceptors (Lipinski definition) is 4. The van der Waals surface area contributed by atoms with Crippen molar-refractivity contribution in [1.82, 2.24) is 9.38 Å². The van der Waals surface area contributed by atoms with Crippen LogP contribution in [-0.2, 0) is 11.3 Å². The van der Waals surface area contributed by atoms with Crippen molar-refractivity contribution >= 4 is 11.5 Å². The Morgan fingerprint density at radius 3 is 2.79 bits per heavy atom. The van der Waals surface area contributed by atoms with E-state index in [4.69, 9.17) is 15.5 Å². The van der Waals surface area contributed by atoms with Gasteiger partial charge in [-0.05, 0) is 25.0 Å². The van der Waals surface area contributed by atoms with E-state index in [1.807, 2.05) is 24.4 Å². The van der Waals surface area contributed by atoms with E-state index < -0.39 is 0 Å². The molecule has 0 aromatic carbocycles. The maximum Gasteiger partial charge on any atom is 0.152 e. The van der Waals surface area contributed by atoms with Gasteiger partial charge in [0.2, 0.25) is 0 Å². The number of anilines is 1. The van der Waals surface area contributed by atoms with Crippen molar-refractivity contribution < 1.29 is 4.74 Å². The molecule has 0 spiro atoms. The molecule has 2 fully saturated rings. The minimum atomic E-state index is 0.370. The Morgan fingerprint density at radius 2 is 2.05 bits per heavy atom. The largest absolute Gasteiger partial charge is 0.371 e. The number of fused-ring (bicyclic) bond motifs is 3. The molecule has 2 bridgehead atoms. The van der Waals surface area contributed by atoms with Gasteiger partial charge in [0, 0.05) is 25.8 Å². The average molecular weight is 258 g/mol. The molecule has 2 saturated heterocycles. The van der Waals surface area contributed by atoms with Crippen LogP contribution in [0.15, 0.2) is 24.4 Å². The highest BCUT2D eigenvalue weighted by atomic mass is 16.5. The molecule has 2 N–H and O–H groups in total. The second-order valence-corrected chi connectivity index (χ2v) is 5.38. The molecule has 4 heterocycles. The summed E-state index contributed by atoms with van der Waals surface area (Å²) in [5.74, 6) is 1.04. The molecule has 2 unspecified atom stereocenters. The van der Waals surface area contributed by atoms with E-state index in [-0.39, 0.29) is 0 Å². The highest BCUT2D eigenvalue weighted by molar-refractivity contribution is 5.56. The number of rotatable bonds is 2. The summed E-state index contributed by atoms with van der Waals surface area (Å²) in [4.78, 5) is 7.11. The predicted molar refractivity (Wildman–Crippen MR) is 73.2 cm³/mol. The third-order valence-electron chi connectivity index (χ3n) is 4.14. The summed E-state index contributed by atoms with van der Waals surface area (Å²) < 4.78 is 7.98. The van der Waals surface area contributed by atoms with Gasteiger partial charge in [-0.25, -0.2) is 4.98 Å². The summed E-state index contributed by atoms with van der Waals surface area (Å²) in [5, 5.41) is 0. The van der Waals surface area contributed by atoms with Crippen molar-refractivity contribution in [3.05, 3.63) is 30.1 Å². The quantitative estimate of drug-likeness (QED) is 0.878. The molecule has 0 amide bonds. The van der Waals surface area contributed by atoms with Crippen LogP contribution in [0.1, 0.15) is 18.5 Å². The van der Waals surface area contributed by atoms with Gasteiger partial charge in [0.1, 0.15) is 5.65 Å². The van der Waals surface area contributed by atoms with Crippen molar-refractivity contribution in [3.8, 4) is 0 Å². The predicted octanol–water partition coefficient (Wildman–Crippen LogP) is 1.16. The van der Waals surface area contributed by atoms with Gasteiger partial charge < -0.3 is 19.8 Å². The van der Waals surface area contributed by atoms with Gasteiger partial charge in [0.05, 0.1) is 17.9 Å². The van der Waals surface area contributed by atoms with Crippen LogP contribution in [0.4, 0.5) is 5.82 Å². The summed E-state index contributed by atoms with van der Waals surface area (Å²) in [7, 11) is 0. The average Bonchev–Trinajstić information content (AvgIpc) is 2.98. The zero-order chi connectivity index (χ0) is 12.8. The van der Waals surface area contributed by atoms with Crippen LogP contribution in [0.3, 0.4) is 0 Å². The molecule has 2 aromatic rings. The van der Waals surface area contributed by atoms with Crippen molar-refractivity contribution in [2.24, 2.45) is 5.73 Å². The number of ether oxygens (including phenoxy) is 1. The number of nitrogens with two attached hydrogens (primary N) is 1. The number of pyridine rings is 1. The van der Waals surface area contributed by atoms with Crippen molar-refractivity contribution in [3.63, 3.8) is 0 Å². The lowest BCUT2D eigenvalue weighted by Gasteiger charge is -2.32. The minimum absolute atomic E-state index is 0.370. The molecule has 19 heavy (non-hydrogen) atoms. The standard InChI is InChI=1S/C14H18N4O/c15-7-12-14(16-13-3-1-2-6-18(12)13)17-8-10-4-5-11(9-17)19-10/h1-3,6,10-11H,4-5,7-9,15H2. The molecule has 4 rings (SSSR count). The lowest BCUT2D eigenvalue weighted by atomic mass is 10.2. The summed E-state index contributed by atoms with van der Waals surface area (Å²) in [5.41, 5.74) is 8.00. The number of morpholine rings is 1. The zero-order valence-corrected chi connectivity index (χ0v) is 10.8. The summed E-state index contributed by atoms with van der Waals surface area (Å²) in [6.45, 7) is 2.38. The van der Waals surface area contributed by atoms with Crippen molar-refractivity contribution in [2.75, 3.05) is 18.0 Å². The first-order chi connectivity index (χ1) is 9.35. The molecular weight excluding hydrogens is 240 g/mol. The van der Waals surface area contributed by atoms with Gasteiger partial charge in [-0.2, -0.15) is 0 Å². The summed E-state index contributed by atoms with van der Waals surface area (Å²) in [6.07, 6.45) is 5.12. The van der Waals surface area contributed by atoms with Crippen LogP contribution in [0.2, 0.25) is 0 Å². The molecule has 2 atom stereocenters. The number of aromatic nitrogens is 2. The van der Waals surface area contributed by atoms with E-state index in [1.165, 1.54) is 12.8 Å².